The number of rotatable bonds is 6. The molecule has 0 aliphatic rings. The first-order chi connectivity index (χ1) is 7.61. The lowest BCUT2D eigenvalue weighted by atomic mass is 10.3. The molecule has 6 nitrogen and oxygen atoms in total. The van der Waals surface area contributed by atoms with E-state index in [1.54, 1.807) is 18.8 Å². The molecule has 1 N–H and O–H groups in total. The van der Waals surface area contributed by atoms with E-state index in [2.05, 4.69) is 10.4 Å². The zero-order chi connectivity index (χ0) is 12.1. The van der Waals surface area contributed by atoms with Gasteiger partial charge in [-0.05, 0) is 12.7 Å². The van der Waals surface area contributed by atoms with E-state index in [9.17, 15) is 10.1 Å². The van der Waals surface area contributed by atoms with Crippen LogP contribution < -0.4 is 5.32 Å². The molecule has 0 fully saturated rings. The standard InChI is InChI=1S/C9H16N4O2S/c1-4-7-8(13(14)15)9(12(2)11-7)10-5-6-16-3/h10H,4-6H2,1-3H3. The first-order valence-electron chi connectivity index (χ1n) is 5.04. The summed E-state index contributed by atoms with van der Waals surface area (Å²) in [6.07, 6.45) is 2.56. The molecule has 0 spiro atoms. The number of thioether (sulfide) groups is 1. The highest BCUT2D eigenvalue weighted by molar-refractivity contribution is 7.98. The average molecular weight is 244 g/mol. The van der Waals surface area contributed by atoms with E-state index in [0.29, 0.717) is 24.5 Å². The van der Waals surface area contributed by atoms with E-state index < -0.39 is 0 Å². The second-order valence-electron chi connectivity index (χ2n) is 3.30. The fourth-order valence-electron chi connectivity index (χ4n) is 1.47. The van der Waals surface area contributed by atoms with Crippen molar-refractivity contribution < 1.29 is 4.92 Å². The minimum Gasteiger partial charge on any atom is -0.364 e. The van der Waals surface area contributed by atoms with Gasteiger partial charge in [0.05, 0.1) is 4.92 Å². The molecule has 1 aromatic heterocycles. The number of hydrogen-bond acceptors (Lipinski definition) is 5. The molecule has 0 unspecified atom stereocenters. The number of hydrogen-bond donors (Lipinski definition) is 1. The van der Waals surface area contributed by atoms with Crippen LogP contribution in [0.3, 0.4) is 0 Å². The Labute approximate surface area is 98.6 Å². The summed E-state index contributed by atoms with van der Waals surface area (Å²) in [5.74, 6) is 1.40. The van der Waals surface area contributed by atoms with Crippen LogP contribution in [-0.2, 0) is 13.5 Å². The van der Waals surface area contributed by atoms with Crippen LogP contribution in [-0.4, -0.2) is 33.3 Å². The quantitative estimate of drug-likeness (QED) is 0.468. The Morgan fingerprint density at radius 1 is 1.62 bits per heavy atom. The van der Waals surface area contributed by atoms with Crippen molar-refractivity contribution in [3.05, 3.63) is 15.8 Å². The van der Waals surface area contributed by atoms with E-state index in [-0.39, 0.29) is 10.6 Å². The molecule has 0 aromatic carbocycles. The second-order valence-corrected chi connectivity index (χ2v) is 4.28. The molecule has 0 saturated carbocycles. The highest BCUT2D eigenvalue weighted by Gasteiger charge is 2.24. The summed E-state index contributed by atoms with van der Waals surface area (Å²) in [5, 5.41) is 18.1. The van der Waals surface area contributed by atoms with Crippen LogP contribution in [0.5, 0.6) is 0 Å². The maximum Gasteiger partial charge on any atom is 0.333 e. The van der Waals surface area contributed by atoms with Gasteiger partial charge in [-0.2, -0.15) is 16.9 Å². The summed E-state index contributed by atoms with van der Waals surface area (Å²) < 4.78 is 1.54. The Hall–Kier alpha value is -1.24. The third-order valence-corrected chi connectivity index (χ3v) is 2.82. The molecule has 0 amide bonds. The predicted octanol–water partition coefficient (Wildman–Crippen LogP) is 1.67. The molecule has 0 saturated heterocycles. The van der Waals surface area contributed by atoms with Crippen molar-refractivity contribution in [2.45, 2.75) is 13.3 Å². The first kappa shape index (κ1) is 12.8. The summed E-state index contributed by atoms with van der Waals surface area (Å²) in [6, 6.07) is 0. The summed E-state index contributed by atoms with van der Waals surface area (Å²) >= 11 is 1.69. The minimum atomic E-state index is -0.368. The van der Waals surface area contributed by atoms with Crippen molar-refractivity contribution in [3.63, 3.8) is 0 Å². The van der Waals surface area contributed by atoms with Crippen LogP contribution in [0, 0.1) is 10.1 Å². The van der Waals surface area contributed by atoms with Crippen molar-refractivity contribution >= 4 is 23.3 Å². The molecule has 0 atom stereocenters. The number of aromatic nitrogens is 2. The van der Waals surface area contributed by atoms with Gasteiger partial charge in [-0.15, -0.1) is 0 Å². The smallest absolute Gasteiger partial charge is 0.333 e. The number of aryl methyl sites for hydroxylation is 2. The molecule has 0 bridgehead atoms. The zero-order valence-corrected chi connectivity index (χ0v) is 10.5. The van der Waals surface area contributed by atoms with Crippen LogP contribution in [0.4, 0.5) is 11.5 Å². The van der Waals surface area contributed by atoms with Gasteiger partial charge in [0.2, 0.25) is 5.82 Å². The summed E-state index contributed by atoms with van der Waals surface area (Å²) in [5.41, 5.74) is 0.630. The van der Waals surface area contributed by atoms with Crippen molar-refractivity contribution in [2.75, 3.05) is 23.9 Å². The topological polar surface area (TPSA) is 73.0 Å². The van der Waals surface area contributed by atoms with Crippen LogP contribution >= 0.6 is 11.8 Å². The van der Waals surface area contributed by atoms with Gasteiger partial charge in [-0.25, -0.2) is 4.68 Å². The van der Waals surface area contributed by atoms with Crippen molar-refractivity contribution in [3.8, 4) is 0 Å². The zero-order valence-electron chi connectivity index (χ0n) is 9.69. The lowest BCUT2D eigenvalue weighted by Gasteiger charge is -2.04. The van der Waals surface area contributed by atoms with Gasteiger partial charge >= 0.3 is 5.69 Å². The van der Waals surface area contributed by atoms with Gasteiger partial charge in [0.25, 0.3) is 0 Å². The Balaban J connectivity index is 2.96. The maximum atomic E-state index is 11.0. The number of anilines is 1. The molecular weight excluding hydrogens is 228 g/mol. The molecule has 0 aliphatic carbocycles. The highest BCUT2D eigenvalue weighted by Crippen LogP contribution is 2.28. The largest absolute Gasteiger partial charge is 0.364 e. The Morgan fingerprint density at radius 3 is 2.81 bits per heavy atom. The fourth-order valence-corrected chi connectivity index (χ4v) is 1.77. The molecule has 16 heavy (non-hydrogen) atoms. The summed E-state index contributed by atoms with van der Waals surface area (Å²) in [4.78, 5) is 10.6. The van der Waals surface area contributed by atoms with E-state index in [4.69, 9.17) is 0 Å². The van der Waals surface area contributed by atoms with E-state index in [0.717, 1.165) is 5.75 Å². The van der Waals surface area contributed by atoms with Crippen LogP contribution in [0.15, 0.2) is 0 Å². The van der Waals surface area contributed by atoms with E-state index >= 15 is 0 Å². The SMILES string of the molecule is CCc1nn(C)c(NCCSC)c1[N+](=O)[O-]. The highest BCUT2D eigenvalue weighted by atomic mass is 32.2. The third-order valence-electron chi connectivity index (χ3n) is 2.21. The second kappa shape index (κ2) is 5.74. The molecule has 7 heteroatoms. The molecule has 0 aliphatic heterocycles. The van der Waals surface area contributed by atoms with Crippen LogP contribution in [0.1, 0.15) is 12.6 Å². The van der Waals surface area contributed by atoms with Crippen LogP contribution in [0.2, 0.25) is 0 Å². The average Bonchev–Trinajstić information content (AvgIpc) is 2.56. The van der Waals surface area contributed by atoms with Gasteiger partial charge in [0.1, 0.15) is 5.69 Å². The minimum absolute atomic E-state index is 0.103. The predicted molar refractivity (Wildman–Crippen MR) is 66.1 cm³/mol. The Kier molecular flexibility index (Phi) is 4.60. The lowest BCUT2D eigenvalue weighted by molar-refractivity contribution is -0.384. The Morgan fingerprint density at radius 2 is 2.31 bits per heavy atom. The monoisotopic (exact) mass is 244 g/mol. The number of nitrogens with one attached hydrogen (secondary N) is 1. The van der Waals surface area contributed by atoms with Crippen molar-refractivity contribution in [1.82, 2.24) is 9.78 Å². The molecule has 0 radical (unpaired) electrons. The summed E-state index contributed by atoms with van der Waals surface area (Å²) in [6.45, 7) is 2.56. The van der Waals surface area contributed by atoms with E-state index in [1.807, 2.05) is 13.2 Å². The fraction of sp³-hybridized carbons (Fsp3) is 0.667. The molecule has 1 heterocycles. The number of nitrogens with zero attached hydrogens (tertiary/aromatic N) is 3. The van der Waals surface area contributed by atoms with Crippen molar-refractivity contribution in [2.24, 2.45) is 7.05 Å². The molecular formula is C9H16N4O2S. The third kappa shape index (κ3) is 2.66. The molecule has 1 aromatic rings. The van der Waals surface area contributed by atoms with Gasteiger partial charge < -0.3 is 5.32 Å². The van der Waals surface area contributed by atoms with Gasteiger partial charge in [0, 0.05) is 19.3 Å². The summed E-state index contributed by atoms with van der Waals surface area (Å²) in [7, 11) is 1.72. The number of nitro groups is 1. The Bertz CT molecular complexity index is 378. The normalized spacial score (nSPS) is 10.4. The van der Waals surface area contributed by atoms with Gasteiger partial charge in [-0.3, -0.25) is 10.1 Å². The molecule has 1 rings (SSSR count). The molecule has 90 valence electrons. The lowest BCUT2D eigenvalue weighted by Crippen LogP contribution is -2.09. The van der Waals surface area contributed by atoms with E-state index in [1.165, 1.54) is 4.68 Å². The van der Waals surface area contributed by atoms with Gasteiger partial charge in [-0.1, -0.05) is 6.92 Å². The van der Waals surface area contributed by atoms with Gasteiger partial charge in [0.15, 0.2) is 0 Å². The van der Waals surface area contributed by atoms with Crippen molar-refractivity contribution in [1.29, 1.82) is 0 Å². The van der Waals surface area contributed by atoms with Crippen LogP contribution in [0.25, 0.3) is 0 Å². The first-order valence-corrected chi connectivity index (χ1v) is 6.44. The maximum absolute atomic E-state index is 11.0.